The highest BCUT2D eigenvalue weighted by molar-refractivity contribution is 6.08. The van der Waals surface area contributed by atoms with Gasteiger partial charge in [-0.3, -0.25) is 14.7 Å². The molecule has 0 saturated heterocycles. The smallest absolute Gasteiger partial charge is 0.260 e. The quantitative estimate of drug-likeness (QED) is 0.379. The first kappa shape index (κ1) is 22.7. The number of carbonyl (C=O) groups excluding carboxylic acids is 1. The molecule has 1 unspecified atom stereocenters. The molecule has 0 spiro atoms. The number of tetrazole rings is 1. The van der Waals surface area contributed by atoms with Crippen molar-refractivity contribution in [1.29, 1.82) is 0 Å². The van der Waals surface area contributed by atoms with Crippen molar-refractivity contribution in [2.24, 2.45) is 4.99 Å². The van der Waals surface area contributed by atoms with Gasteiger partial charge in [0.15, 0.2) is 5.54 Å². The van der Waals surface area contributed by atoms with Crippen LogP contribution in [0.4, 0.5) is 0 Å². The lowest BCUT2D eigenvalue weighted by Gasteiger charge is -2.23. The summed E-state index contributed by atoms with van der Waals surface area (Å²) in [6.45, 7) is 4.58. The number of amides is 1. The van der Waals surface area contributed by atoms with Crippen molar-refractivity contribution in [3.05, 3.63) is 90.0 Å². The molecule has 0 fully saturated rings. The highest BCUT2D eigenvalue weighted by Crippen LogP contribution is 2.36. The maximum Gasteiger partial charge on any atom is 0.260 e. The van der Waals surface area contributed by atoms with Crippen LogP contribution in [-0.4, -0.2) is 37.3 Å². The maximum absolute atomic E-state index is 13.7. The number of benzene rings is 3. The molecule has 176 valence electrons. The van der Waals surface area contributed by atoms with Crippen LogP contribution >= 0.6 is 0 Å². The number of carbonyl (C=O) groups is 1. The van der Waals surface area contributed by atoms with Gasteiger partial charge in [-0.05, 0) is 40.8 Å². The van der Waals surface area contributed by atoms with Crippen LogP contribution < -0.4 is 0 Å². The van der Waals surface area contributed by atoms with E-state index in [1.807, 2.05) is 66.4 Å². The van der Waals surface area contributed by atoms with Crippen LogP contribution in [0.3, 0.4) is 0 Å². The number of hydrogen-bond acceptors (Lipinski definition) is 5. The van der Waals surface area contributed by atoms with E-state index in [9.17, 15) is 4.79 Å². The molecule has 0 bridgehead atoms. The molecule has 1 amide bonds. The maximum atomic E-state index is 13.7. The van der Waals surface area contributed by atoms with Gasteiger partial charge in [-0.15, -0.1) is 10.2 Å². The Morgan fingerprint density at radius 3 is 2.31 bits per heavy atom. The largest absolute Gasteiger partial charge is 0.294 e. The summed E-state index contributed by atoms with van der Waals surface area (Å²) in [5.74, 6) is 1.46. The van der Waals surface area contributed by atoms with Gasteiger partial charge in [0.25, 0.3) is 5.91 Å². The molecular weight excluding hydrogens is 436 g/mol. The van der Waals surface area contributed by atoms with Crippen molar-refractivity contribution >= 4 is 11.7 Å². The Bertz CT molecular complexity index is 1330. The average Bonchev–Trinajstić information content (AvgIpc) is 3.52. The number of aromatic amines is 1. The Morgan fingerprint density at radius 1 is 0.914 bits per heavy atom. The summed E-state index contributed by atoms with van der Waals surface area (Å²) in [5.41, 5.74) is 4.09. The van der Waals surface area contributed by atoms with Gasteiger partial charge in [0.05, 0.1) is 6.54 Å². The summed E-state index contributed by atoms with van der Waals surface area (Å²) in [6.07, 6.45) is 2.84. The van der Waals surface area contributed by atoms with E-state index < -0.39 is 5.54 Å². The monoisotopic (exact) mass is 464 g/mol. The number of unbranched alkanes of at least 4 members (excludes halogenated alkanes) is 1. The number of amidine groups is 1. The third kappa shape index (κ3) is 4.37. The number of H-pyrrole nitrogens is 1. The zero-order valence-electron chi connectivity index (χ0n) is 20.0. The van der Waals surface area contributed by atoms with Crippen molar-refractivity contribution in [1.82, 2.24) is 25.5 Å². The first-order chi connectivity index (χ1) is 17.1. The lowest BCUT2D eigenvalue weighted by atomic mass is 9.92. The summed E-state index contributed by atoms with van der Waals surface area (Å²) in [4.78, 5) is 20.5. The Labute approximate surface area is 204 Å². The van der Waals surface area contributed by atoms with E-state index in [4.69, 9.17) is 4.99 Å². The van der Waals surface area contributed by atoms with Crippen molar-refractivity contribution in [3.8, 4) is 22.5 Å². The molecule has 7 heteroatoms. The minimum Gasteiger partial charge on any atom is -0.294 e. The molecule has 5 rings (SSSR count). The van der Waals surface area contributed by atoms with E-state index in [1.54, 1.807) is 0 Å². The van der Waals surface area contributed by atoms with Crippen LogP contribution in [0.15, 0.2) is 83.9 Å². The average molecular weight is 465 g/mol. The summed E-state index contributed by atoms with van der Waals surface area (Å²) in [7, 11) is 0. The Balaban J connectivity index is 1.41. The van der Waals surface area contributed by atoms with Gasteiger partial charge in [0.1, 0.15) is 5.84 Å². The van der Waals surface area contributed by atoms with E-state index in [2.05, 4.69) is 51.8 Å². The lowest BCUT2D eigenvalue weighted by molar-refractivity contribution is -0.131. The van der Waals surface area contributed by atoms with Gasteiger partial charge >= 0.3 is 0 Å². The Morgan fingerprint density at radius 2 is 1.63 bits per heavy atom. The van der Waals surface area contributed by atoms with E-state index in [0.717, 1.165) is 52.9 Å². The van der Waals surface area contributed by atoms with Crippen LogP contribution in [0.5, 0.6) is 0 Å². The standard InChI is InChI=1S/C28H28N6O/c1-3-4-14-25-29-28(2,22-10-6-5-7-11-22)27(35)34(25)19-20-15-17-21(18-16-20)23-12-8-9-13-24(23)26-30-32-33-31-26/h5-13,15-18H,3-4,14,19H2,1-2H3,(H,30,31,32,33). The van der Waals surface area contributed by atoms with Crippen LogP contribution in [-0.2, 0) is 16.9 Å². The highest BCUT2D eigenvalue weighted by atomic mass is 16.2. The number of nitrogens with zero attached hydrogens (tertiary/aromatic N) is 5. The minimum absolute atomic E-state index is 0.0290. The van der Waals surface area contributed by atoms with Crippen molar-refractivity contribution in [3.63, 3.8) is 0 Å². The number of rotatable bonds is 8. The fraction of sp³-hybridized carbons (Fsp3) is 0.250. The molecule has 1 aliphatic rings. The third-order valence-corrected chi connectivity index (χ3v) is 6.53. The number of aromatic nitrogens is 4. The molecule has 0 aliphatic carbocycles. The van der Waals surface area contributed by atoms with E-state index in [0.29, 0.717) is 12.4 Å². The molecule has 3 aromatic carbocycles. The summed E-state index contributed by atoms with van der Waals surface area (Å²) < 4.78 is 0. The minimum atomic E-state index is -0.881. The summed E-state index contributed by atoms with van der Waals surface area (Å²) in [6, 6.07) is 26.1. The third-order valence-electron chi connectivity index (χ3n) is 6.53. The molecule has 1 atom stereocenters. The molecule has 1 aromatic heterocycles. The first-order valence-electron chi connectivity index (χ1n) is 12.0. The lowest BCUT2D eigenvalue weighted by Crippen LogP contribution is -2.39. The second-order valence-corrected chi connectivity index (χ2v) is 8.94. The van der Waals surface area contributed by atoms with E-state index in [-0.39, 0.29) is 5.91 Å². The van der Waals surface area contributed by atoms with Crippen molar-refractivity contribution < 1.29 is 4.79 Å². The Hall–Kier alpha value is -4.13. The second kappa shape index (κ2) is 9.62. The second-order valence-electron chi connectivity index (χ2n) is 8.94. The number of nitrogens with one attached hydrogen (secondary N) is 1. The summed E-state index contributed by atoms with van der Waals surface area (Å²) >= 11 is 0. The number of hydrogen-bond donors (Lipinski definition) is 1. The van der Waals surface area contributed by atoms with Gasteiger partial charge in [0, 0.05) is 12.0 Å². The molecule has 2 heterocycles. The van der Waals surface area contributed by atoms with Crippen LogP contribution in [0.25, 0.3) is 22.5 Å². The number of aliphatic imine (C=N–C) groups is 1. The van der Waals surface area contributed by atoms with Gasteiger partial charge in [-0.25, -0.2) is 0 Å². The fourth-order valence-corrected chi connectivity index (χ4v) is 4.56. The zero-order valence-corrected chi connectivity index (χ0v) is 20.0. The molecule has 7 nitrogen and oxygen atoms in total. The van der Waals surface area contributed by atoms with Crippen LogP contribution in [0.2, 0.25) is 0 Å². The molecule has 4 aromatic rings. The molecule has 0 radical (unpaired) electrons. The van der Waals surface area contributed by atoms with Crippen molar-refractivity contribution in [2.45, 2.75) is 45.2 Å². The molecule has 35 heavy (non-hydrogen) atoms. The van der Waals surface area contributed by atoms with Crippen LogP contribution in [0.1, 0.15) is 44.2 Å². The van der Waals surface area contributed by atoms with Crippen molar-refractivity contribution in [2.75, 3.05) is 0 Å². The SMILES string of the molecule is CCCCC1=NC(C)(c2ccccc2)C(=O)N1Cc1ccc(-c2ccccc2-c2nn[nH]n2)cc1. The first-order valence-corrected chi connectivity index (χ1v) is 12.0. The van der Waals surface area contributed by atoms with Gasteiger partial charge in [-0.2, -0.15) is 5.21 Å². The van der Waals surface area contributed by atoms with Gasteiger partial charge in [0.2, 0.25) is 5.82 Å². The van der Waals surface area contributed by atoms with E-state index >= 15 is 0 Å². The topological polar surface area (TPSA) is 87.1 Å². The molecule has 1 N–H and O–H groups in total. The predicted molar refractivity (Wildman–Crippen MR) is 136 cm³/mol. The van der Waals surface area contributed by atoms with E-state index in [1.165, 1.54) is 0 Å². The van der Waals surface area contributed by atoms with Gasteiger partial charge < -0.3 is 0 Å². The fourth-order valence-electron chi connectivity index (χ4n) is 4.56. The molecular formula is C28H28N6O. The zero-order chi connectivity index (χ0) is 24.3. The molecule has 1 aliphatic heterocycles. The van der Waals surface area contributed by atoms with Gasteiger partial charge in [-0.1, -0.05) is 92.2 Å². The normalized spacial score (nSPS) is 17.6. The van der Waals surface area contributed by atoms with Crippen LogP contribution in [0, 0.1) is 0 Å². The predicted octanol–water partition coefficient (Wildman–Crippen LogP) is 5.38. The molecule has 0 saturated carbocycles. The highest BCUT2D eigenvalue weighted by Gasteiger charge is 2.45. The summed E-state index contributed by atoms with van der Waals surface area (Å²) in [5, 5.41) is 14.5. The Kier molecular flexibility index (Phi) is 6.23.